The number of nitrogens with zero attached hydrogens (tertiary/aromatic N) is 1. The van der Waals surface area contributed by atoms with Gasteiger partial charge in [-0.05, 0) is 42.4 Å². The zero-order valence-corrected chi connectivity index (χ0v) is 10.5. The molecule has 0 amide bonds. The molecular weight excluding hydrogens is 228 g/mol. The number of hydrogen-bond acceptors (Lipinski definition) is 3. The summed E-state index contributed by atoms with van der Waals surface area (Å²) in [5.41, 5.74) is 6.95. The number of anilines is 1. The molecule has 0 saturated carbocycles. The molecule has 0 aliphatic carbocycles. The minimum absolute atomic E-state index is 0.664. The number of aryl methyl sites for hydroxylation is 1. The summed E-state index contributed by atoms with van der Waals surface area (Å²) >= 11 is 1.88. The SMILES string of the molecule is Nc1ncccc1CCCSc1ccccc1. The van der Waals surface area contributed by atoms with Gasteiger partial charge in [0.05, 0.1) is 0 Å². The van der Waals surface area contributed by atoms with E-state index in [0.29, 0.717) is 5.82 Å². The molecule has 0 bridgehead atoms. The van der Waals surface area contributed by atoms with Gasteiger partial charge in [0.25, 0.3) is 0 Å². The van der Waals surface area contributed by atoms with Crippen LogP contribution in [0, 0.1) is 0 Å². The van der Waals surface area contributed by atoms with E-state index in [1.165, 1.54) is 4.90 Å². The third-order valence-electron chi connectivity index (χ3n) is 2.53. The van der Waals surface area contributed by atoms with Crippen molar-refractivity contribution in [1.82, 2.24) is 4.98 Å². The molecule has 2 rings (SSSR count). The van der Waals surface area contributed by atoms with Crippen molar-refractivity contribution in [1.29, 1.82) is 0 Å². The Balaban J connectivity index is 1.76. The number of nitrogen functional groups attached to an aromatic ring is 1. The summed E-state index contributed by atoms with van der Waals surface area (Å²) in [5, 5.41) is 0. The fourth-order valence-corrected chi connectivity index (χ4v) is 2.51. The predicted molar refractivity (Wildman–Crippen MR) is 74.1 cm³/mol. The van der Waals surface area contributed by atoms with Gasteiger partial charge in [-0.15, -0.1) is 11.8 Å². The number of pyridine rings is 1. The second-order valence-corrected chi connectivity index (χ2v) is 4.98. The molecule has 1 heterocycles. The molecule has 0 aliphatic rings. The molecule has 17 heavy (non-hydrogen) atoms. The van der Waals surface area contributed by atoms with Gasteiger partial charge in [0.1, 0.15) is 5.82 Å². The van der Waals surface area contributed by atoms with E-state index in [9.17, 15) is 0 Å². The van der Waals surface area contributed by atoms with Gasteiger partial charge < -0.3 is 5.73 Å². The zero-order valence-electron chi connectivity index (χ0n) is 9.67. The van der Waals surface area contributed by atoms with E-state index < -0.39 is 0 Å². The van der Waals surface area contributed by atoms with Crippen LogP contribution in [0.4, 0.5) is 5.82 Å². The maximum absolute atomic E-state index is 5.80. The predicted octanol–water partition coefficient (Wildman–Crippen LogP) is 3.39. The first-order valence-corrected chi connectivity index (χ1v) is 6.72. The summed E-state index contributed by atoms with van der Waals surface area (Å²) in [6, 6.07) is 14.5. The molecule has 0 spiro atoms. The Labute approximate surface area is 106 Å². The summed E-state index contributed by atoms with van der Waals surface area (Å²) in [5.74, 6) is 1.77. The van der Waals surface area contributed by atoms with E-state index in [1.807, 2.05) is 23.9 Å². The normalized spacial score (nSPS) is 10.4. The summed E-state index contributed by atoms with van der Waals surface area (Å²) < 4.78 is 0. The Bertz CT molecular complexity index is 457. The molecule has 2 nitrogen and oxygen atoms in total. The van der Waals surface area contributed by atoms with Crippen molar-refractivity contribution in [3.05, 3.63) is 54.2 Å². The largest absolute Gasteiger partial charge is 0.383 e. The van der Waals surface area contributed by atoms with Gasteiger partial charge in [-0.25, -0.2) is 4.98 Å². The molecular formula is C14H16N2S. The lowest BCUT2D eigenvalue weighted by Gasteiger charge is -2.04. The third-order valence-corrected chi connectivity index (χ3v) is 3.63. The van der Waals surface area contributed by atoms with Gasteiger partial charge >= 0.3 is 0 Å². The number of hydrogen-bond donors (Lipinski definition) is 1. The van der Waals surface area contributed by atoms with Crippen LogP contribution < -0.4 is 5.73 Å². The maximum Gasteiger partial charge on any atom is 0.126 e. The average Bonchev–Trinajstić information content (AvgIpc) is 2.38. The quantitative estimate of drug-likeness (QED) is 0.647. The minimum atomic E-state index is 0.664. The number of benzene rings is 1. The molecule has 0 atom stereocenters. The van der Waals surface area contributed by atoms with Crippen LogP contribution >= 0.6 is 11.8 Å². The topological polar surface area (TPSA) is 38.9 Å². The molecule has 1 aromatic carbocycles. The Morgan fingerprint density at radius 1 is 1.06 bits per heavy atom. The lowest BCUT2D eigenvalue weighted by molar-refractivity contribution is 0.928. The first kappa shape index (κ1) is 12.0. The standard InChI is InChI=1S/C14H16N2S/c15-14-12(6-4-10-16-14)7-5-11-17-13-8-2-1-3-9-13/h1-4,6,8-10H,5,7,11H2,(H2,15,16). The van der Waals surface area contributed by atoms with Crippen molar-refractivity contribution in [3.63, 3.8) is 0 Å². The Kier molecular flexibility index (Phi) is 4.45. The highest BCUT2D eigenvalue weighted by molar-refractivity contribution is 7.99. The van der Waals surface area contributed by atoms with Gasteiger partial charge in [-0.3, -0.25) is 0 Å². The third kappa shape index (κ3) is 3.79. The van der Waals surface area contributed by atoms with Crippen LogP contribution in [-0.2, 0) is 6.42 Å². The number of rotatable bonds is 5. The van der Waals surface area contributed by atoms with Gasteiger partial charge in [0.15, 0.2) is 0 Å². The van der Waals surface area contributed by atoms with Crippen LogP contribution in [0.15, 0.2) is 53.6 Å². The molecule has 2 N–H and O–H groups in total. The molecule has 0 unspecified atom stereocenters. The monoisotopic (exact) mass is 244 g/mol. The first-order chi connectivity index (χ1) is 8.36. The number of thioether (sulfide) groups is 1. The molecule has 88 valence electrons. The van der Waals surface area contributed by atoms with E-state index in [1.54, 1.807) is 6.20 Å². The Hall–Kier alpha value is -1.48. The van der Waals surface area contributed by atoms with Gasteiger partial charge in [-0.2, -0.15) is 0 Å². The van der Waals surface area contributed by atoms with E-state index >= 15 is 0 Å². The highest BCUT2D eigenvalue weighted by Gasteiger charge is 1.99. The van der Waals surface area contributed by atoms with Gasteiger partial charge in [0, 0.05) is 11.1 Å². The van der Waals surface area contributed by atoms with Crippen LogP contribution in [0.3, 0.4) is 0 Å². The van der Waals surface area contributed by atoms with Gasteiger partial charge in [-0.1, -0.05) is 24.3 Å². The number of aromatic nitrogens is 1. The molecule has 0 aliphatic heterocycles. The summed E-state index contributed by atoms with van der Waals surface area (Å²) in [6.07, 6.45) is 3.85. The molecule has 2 aromatic rings. The molecule has 1 aromatic heterocycles. The van der Waals surface area contributed by atoms with Crippen LogP contribution in [-0.4, -0.2) is 10.7 Å². The molecule has 0 radical (unpaired) electrons. The summed E-state index contributed by atoms with van der Waals surface area (Å²) in [6.45, 7) is 0. The van der Waals surface area contributed by atoms with Crippen molar-refractivity contribution in [2.45, 2.75) is 17.7 Å². The van der Waals surface area contributed by atoms with Crippen molar-refractivity contribution in [2.75, 3.05) is 11.5 Å². The van der Waals surface area contributed by atoms with E-state index in [4.69, 9.17) is 5.73 Å². The minimum Gasteiger partial charge on any atom is -0.383 e. The Morgan fingerprint density at radius 2 is 1.88 bits per heavy atom. The fraction of sp³-hybridized carbons (Fsp3) is 0.214. The lowest BCUT2D eigenvalue weighted by atomic mass is 10.1. The van der Waals surface area contributed by atoms with Gasteiger partial charge in [0.2, 0.25) is 0 Å². The second-order valence-electron chi connectivity index (χ2n) is 3.81. The van der Waals surface area contributed by atoms with Crippen LogP contribution in [0.1, 0.15) is 12.0 Å². The van der Waals surface area contributed by atoms with E-state index in [0.717, 1.165) is 24.2 Å². The maximum atomic E-state index is 5.80. The van der Waals surface area contributed by atoms with Crippen LogP contribution in [0.25, 0.3) is 0 Å². The highest BCUT2D eigenvalue weighted by atomic mass is 32.2. The van der Waals surface area contributed by atoms with Crippen molar-refractivity contribution in [2.24, 2.45) is 0 Å². The molecule has 3 heteroatoms. The smallest absolute Gasteiger partial charge is 0.126 e. The first-order valence-electron chi connectivity index (χ1n) is 5.73. The summed E-state index contributed by atoms with van der Waals surface area (Å²) in [4.78, 5) is 5.41. The molecule has 0 fully saturated rings. The average molecular weight is 244 g/mol. The van der Waals surface area contributed by atoms with Crippen LogP contribution in [0.5, 0.6) is 0 Å². The van der Waals surface area contributed by atoms with Crippen molar-refractivity contribution in [3.8, 4) is 0 Å². The second kappa shape index (κ2) is 6.30. The lowest BCUT2D eigenvalue weighted by Crippen LogP contribution is -1.97. The van der Waals surface area contributed by atoms with Crippen molar-refractivity contribution < 1.29 is 0 Å². The van der Waals surface area contributed by atoms with Crippen molar-refractivity contribution >= 4 is 17.6 Å². The number of nitrogens with two attached hydrogens (primary N) is 1. The van der Waals surface area contributed by atoms with E-state index in [-0.39, 0.29) is 0 Å². The Morgan fingerprint density at radius 3 is 2.65 bits per heavy atom. The summed E-state index contributed by atoms with van der Waals surface area (Å²) in [7, 11) is 0. The highest BCUT2D eigenvalue weighted by Crippen LogP contribution is 2.19. The zero-order chi connectivity index (χ0) is 11.9. The van der Waals surface area contributed by atoms with Crippen LogP contribution in [0.2, 0.25) is 0 Å². The fourth-order valence-electron chi connectivity index (χ4n) is 1.63. The molecule has 0 saturated heterocycles. The van der Waals surface area contributed by atoms with E-state index in [2.05, 4.69) is 35.3 Å².